The molecule has 2 atom stereocenters. The quantitative estimate of drug-likeness (QED) is 0.788. The fourth-order valence-electron chi connectivity index (χ4n) is 2.27. The van der Waals surface area contributed by atoms with Gasteiger partial charge in [-0.25, -0.2) is 4.79 Å². The number of hydrogen-bond acceptors (Lipinski definition) is 2. The summed E-state index contributed by atoms with van der Waals surface area (Å²) in [5.41, 5.74) is 0. The Bertz CT molecular complexity index is 281. The van der Waals surface area contributed by atoms with E-state index in [9.17, 15) is 9.59 Å². The van der Waals surface area contributed by atoms with Gasteiger partial charge in [-0.2, -0.15) is 0 Å². The lowest BCUT2D eigenvalue weighted by Crippen LogP contribution is -2.49. The zero-order valence-corrected chi connectivity index (χ0v) is 10.6. The molecule has 0 saturated heterocycles. The van der Waals surface area contributed by atoms with Gasteiger partial charge in [-0.05, 0) is 25.7 Å². The second-order valence-corrected chi connectivity index (χ2v) is 4.73. The number of amides is 2. The molecule has 0 heterocycles. The Kier molecular flexibility index (Phi) is 5.25. The summed E-state index contributed by atoms with van der Waals surface area (Å²) in [4.78, 5) is 23.8. The summed E-state index contributed by atoms with van der Waals surface area (Å²) < 4.78 is 0. The molecule has 1 fully saturated rings. The van der Waals surface area contributed by atoms with Gasteiger partial charge in [0.15, 0.2) is 0 Å². The maximum atomic E-state index is 11.9. The highest BCUT2D eigenvalue weighted by molar-refractivity contribution is 5.80. The number of carboxylic acids is 1. The monoisotopic (exact) mass is 242 g/mol. The average Bonchev–Trinajstić information content (AvgIpc) is 2.28. The largest absolute Gasteiger partial charge is 0.480 e. The molecule has 1 rings (SSSR count). The first-order chi connectivity index (χ1) is 8.04. The highest BCUT2D eigenvalue weighted by Gasteiger charge is 2.25. The summed E-state index contributed by atoms with van der Waals surface area (Å²) in [5, 5.41) is 11.6. The summed E-state index contributed by atoms with van der Waals surface area (Å²) in [5.74, 6) is -0.491. The van der Waals surface area contributed by atoms with Crippen LogP contribution in [0.4, 0.5) is 4.79 Å². The van der Waals surface area contributed by atoms with Crippen LogP contribution in [0.15, 0.2) is 0 Å². The van der Waals surface area contributed by atoms with Crippen LogP contribution in [0.2, 0.25) is 0 Å². The van der Waals surface area contributed by atoms with E-state index in [0.717, 1.165) is 19.3 Å². The van der Waals surface area contributed by atoms with Gasteiger partial charge in [-0.1, -0.05) is 19.8 Å². The number of nitrogens with one attached hydrogen (secondary N) is 1. The zero-order chi connectivity index (χ0) is 12.8. The third kappa shape index (κ3) is 4.24. The number of aliphatic carboxylic acids is 1. The standard InChI is InChI=1S/C12H22N2O3/c1-3-14(8-11(15)16)12(17)13-10-7-5-4-6-9(10)2/h9-10H,3-8H2,1-2H3,(H,13,17)(H,15,16). The van der Waals surface area contributed by atoms with Crippen LogP contribution in [0, 0.1) is 5.92 Å². The lowest BCUT2D eigenvalue weighted by Gasteiger charge is -2.31. The van der Waals surface area contributed by atoms with Crippen LogP contribution in [-0.4, -0.2) is 41.1 Å². The number of rotatable bonds is 4. The smallest absolute Gasteiger partial charge is 0.323 e. The van der Waals surface area contributed by atoms with E-state index in [1.165, 1.54) is 11.3 Å². The molecule has 1 aliphatic carbocycles. The Morgan fingerprint density at radius 1 is 1.35 bits per heavy atom. The highest BCUT2D eigenvalue weighted by atomic mass is 16.4. The van der Waals surface area contributed by atoms with E-state index in [4.69, 9.17) is 5.11 Å². The highest BCUT2D eigenvalue weighted by Crippen LogP contribution is 2.23. The minimum Gasteiger partial charge on any atom is -0.480 e. The van der Waals surface area contributed by atoms with E-state index in [-0.39, 0.29) is 18.6 Å². The molecule has 0 aliphatic heterocycles. The van der Waals surface area contributed by atoms with Crippen molar-refractivity contribution in [3.63, 3.8) is 0 Å². The minimum absolute atomic E-state index is 0.194. The van der Waals surface area contributed by atoms with Crippen LogP contribution in [0.25, 0.3) is 0 Å². The summed E-state index contributed by atoms with van der Waals surface area (Å²) in [6.07, 6.45) is 4.49. The molecule has 0 aromatic carbocycles. The van der Waals surface area contributed by atoms with Crippen molar-refractivity contribution in [2.45, 2.75) is 45.6 Å². The van der Waals surface area contributed by atoms with Gasteiger partial charge in [0.05, 0.1) is 0 Å². The average molecular weight is 242 g/mol. The fraction of sp³-hybridized carbons (Fsp3) is 0.833. The predicted molar refractivity (Wildman–Crippen MR) is 64.8 cm³/mol. The van der Waals surface area contributed by atoms with E-state index in [1.54, 1.807) is 6.92 Å². The molecule has 5 heteroatoms. The summed E-state index contributed by atoms with van der Waals surface area (Å²) in [7, 11) is 0. The summed E-state index contributed by atoms with van der Waals surface area (Å²) in [6.45, 7) is 4.10. The van der Waals surface area contributed by atoms with Crippen molar-refractivity contribution >= 4 is 12.0 Å². The number of urea groups is 1. The van der Waals surface area contributed by atoms with Gasteiger partial charge in [0, 0.05) is 12.6 Å². The first-order valence-corrected chi connectivity index (χ1v) is 6.31. The van der Waals surface area contributed by atoms with Gasteiger partial charge >= 0.3 is 12.0 Å². The van der Waals surface area contributed by atoms with Crippen LogP contribution >= 0.6 is 0 Å². The Labute approximate surface area is 102 Å². The van der Waals surface area contributed by atoms with Crippen LogP contribution < -0.4 is 5.32 Å². The molecule has 0 aromatic heterocycles. The molecule has 0 radical (unpaired) electrons. The van der Waals surface area contributed by atoms with Crippen molar-refractivity contribution in [3.05, 3.63) is 0 Å². The molecule has 98 valence electrons. The molecule has 2 amide bonds. The van der Waals surface area contributed by atoms with Crippen molar-refractivity contribution in [2.24, 2.45) is 5.92 Å². The first-order valence-electron chi connectivity index (χ1n) is 6.31. The van der Waals surface area contributed by atoms with Crippen molar-refractivity contribution in [1.82, 2.24) is 10.2 Å². The maximum Gasteiger partial charge on any atom is 0.323 e. The lowest BCUT2D eigenvalue weighted by atomic mass is 9.86. The topological polar surface area (TPSA) is 69.6 Å². The summed E-state index contributed by atoms with van der Waals surface area (Å²) >= 11 is 0. The molecule has 0 aromatic rings. The van der Waals surface area contributed by atoms with Gasteiger partial charge in [0.2, 0.25) is 0 Å². The Hall–Kier alpha value is -1.26. The predicted octanol–water partition coefficient (Wildman–Crippen LogP) is 1.68. The number of carbonyl (C=O) groups is 2. The van der Waals surface area contributed by atoms with E-state index in [1.807, 2.05) is 0 Å². The molecular formula is C12H22N2O3. The van der Waals surface area contributed by atoms with E-state index >= 15 is 0 Å². The van der Waals surface area contributed by atoms with Crippen molar-refractivity contribution < 1.29 is 14.7 Å². The molecule has 5 nitrogen and oxygen atoms in total. The van der Waals surface area contributed by atoms with Crippen molar-refractivity contribution in [1.29, 1.82) is 0 Å². The van der Waals surface area contributed by atoms with Crippen LogP contribution in [-0.2, 0) is 4.79 Å². The molecule has 1 aliphatic rings. The Morgan fingerprint density at radius 2 is 2.00 bits per heavy atom. The number of carboxylic acid groups (broad SMARTS) is 1. The third-order valence-corrected chi connectivity index (χ3v) is 3.42. The summed E-state index contributed by atoms with van der Waals surface area (Å²) in [6, 6.07) is -0.0623. The number of nitrogens with zero attached hydrogens (tertiary/aromatic N) is 1. The number of hydrogen-bond donors (Lipinski definition) is 2. The molecule has 0 bridgehead atoms. The van der Waals surface area contributed by atoms with Gasteiger partial charge in [-0.15, -0.1) is 0 Å². The molecule has 0 spiro atoms. The SMILES string of the molecule is CCN(CC(=O)O)C(=O)NC1CCCCC1C. The minimum atomic E-state index is -0.973. The molecular weight excluding hydrogens is 220 g/mol. The number of likely N-dealkylation sites (N-methyl/N-ethyl adjacent to an activating group) is 1. The second kappa shape index (κ2) is 6.47. The van der Waals surface area contributed by atoms with Gasteiger partial charge in [-0.3, -0.25) is 4.79 Å². The second-order valence-electron chi connectivity index (χ2n) is 4.73. The van der Waals surface area contributed by atoms with Gasteiger partial charge in [0.1, 0.15) is 6.54 Å². The Morgan fingerprint density at radius 3 is 2.53 bits per heavy atom. The van der Waals surface area contributed by atoms with E-state index in [2.05, 4.69) is 12.2 Å². The number of carbonyl (C=O) groups excluding carboxylic acids is 1. The van der Waals surface area contributed by atoms with Crippen LogP contribution in [0.5, 0.6) is 0 Å². The normalized spacial score (nSPS) is 24.1. The lowest BCUT2D eigenvalue weighted by molar-refractivity contribution is -0.137. The van der Waals surface area contributed by atoms with Gasteiger partial charge in [0.25, 0.3) is 0 Å². The fourth-order valence-corrected chi connectivity index (χ4v) is 2.27. The van der Waals surface area contributed by atoms with Crippen LogP contribution in [0.1, 0.15) is 39.5 Å². The van der Waals surface area contributed by atoms with E-state index < -0.39 is 5.97 Å². The van der Waals surface area contributed by atoms with Crippen molar-refractivity contribution in [3.8, 4) is 0 Å². The maximum absolute atomic E-state index is 11.9. The first kappa shape index (κ1) is 13.8. The zero-order valence-electron chi connectivity index (χ0n) is 10.6. The third-order valence-electron chi connectivity index (χ3n) is 3.42. The molecule has 2 unspecified atom stereocenters. The van der Waals surface area contributed by atoms with Gasteiger partial charge < -0.3 is 15.3 Å². The molecule has 1 saturated carbocycles. The van der Waals surface area contributed by atoms with E-state index in [0.29, 0.717) is 12.5 Å². The van der Waals surface area contributed by atoms with Crippen LogP contribution in [0.3, 0.4) is 0 Å². The Balaban J connectivity index is 2.47. The molecule has 2 N–H and O–H groups in total. The molecule has 17 heavy (non-hydrogen) atoms. The van der Waals surface area contributed by atoms with Crippen molar-refractivity contribution in [2.75, 3.05) is 13.1 Å².